The van der Waals surface area contributed by atoms with Crippen molar-refractivity contribution in [2.75, 3.05) is 0 Å². The molecule has 2 aromatic heterocycles. The molecular formula is C20H17FN6O2. The molecule has 146 valence electrons. The molecule has 0 radical (unpaired) electrons. The third kappa shape index (κ3) is 4.52. The maximum absolute atomic E-state index is 13.6. The zero-order valence-electron chi connectivity index (χ0n) is 15.5. The molecule has 0 aliphatic rings. The third-order valence-corrected chi connectivity index (χ3v) is 4.13. The Hall–Kier alpha value is -3.88. The van der Waals surface area contributed by atoms with Gasteiger partial charge in [0.25, 0.3) is 5.91 Å². The van der Waals surface area contributed by atoms with E-state index in [-0.39, 0.29) is 23.9 Å². The number of rotatable bonds is 6. The number of benzene rings is 2. The van der Waals surface area contributed by atoms with Crippen molar-refractivity contribution in [3.05, 3.63) is 89.1 Å². The van der Waals surface area contributed by atoms with Crippen molar-refractivity contribution in [3.63, 3.8) is 0 Å². The second-order valence-corrected chi connectivity index (χ2v) is 6.48. The van der Waals surface area contributed by atoms with Crippen LogP contribution < -0.4 is 5.32 Å². The van der Waals surface area contributed by atoms with Gasteiger partial charge in [0.1, 0.15) is 5.82 Å². The standard InChI is InChI=1S/C20H17FN6O2/c1-13-7-15(21)10-16(8-13)27-12-17(24-26-27)20(28)22-11-19-23-18(25-29-19)9-14-5-3-2-4-6-14/h2-8,10,12H,9,11H2,1H3,(H,22,28). The molecule has 0 unspecified atom stereocenters. The molecule has 8 nitrogen and oxygen atoms in total. The topological polar surface area (TPSA) is 98.7 Å². The van der Waals surface area contributed by atoms with Crippen molar-refractivity contribution in [3.8, 4) is 5.69 Å². The highest BCUT2D eigenvalue weighted by Crippen LogP contribution is 2.12. The van der Waals surface area contributed by atoms with Gasteiger partial charge >= 0.3 is 0 Å². The minimum Gasteiger partial charge on any atom is -0.342 e. The van der Waals surface area contributed by atoms with E-state index in [9.17, 15) is 9.18 Å². The van der Waals surface area contributed by atoms with E-state index in [0.717, 1.165) is 11.1 Å². The van der Waals surface area contributed by atoms with Crippen LogP contribution in [0, 0.1) is 12.7 Å². The average Bonchev–Trinajstić information content (AvgIpc) is 3.36. The van der Waals surface area contributed by atoms with Gasteiger partial charge in [-0.3, -0.25) is 4.79 Å². The number of carbonyl (C=O) groups excluding carboxylic acids is 1. The van der Waals surface area contributed by atoms with E-state index in [2.05, 4.69) is 25.8 Å². The lowest BCUT2D eigenvalue weighted by molar-refractivity contribution is 0.0941. The fourth-order valence-electron chi connectivity index (χ4n) is 2.80. The summed E-state index contributed by atoms with van der Waals surface area (Å²) in [5.74, 6) is -0.0123. The quantitative estimate of drug-likeness (QED) is 0.542. The Balaban J connectivity index is 1.37. The van der Waals surface area contributed by atoms with Gasteiger partial charge in [0.2, 0.25) is 5.89 Å². The van der Waals surface area contributed by atoms with Crippen LogP contribution in [0.4, 0.5) is 4.39 Å². The van der Waals surface area contributed by atoms with Crippen LogP contribution in [0.3, 0.4) is 0 Å². The van der Waals surface area contributed by atoms with Crippen LogP contribution in [-0.2, 0) is 13.0 Å². The molecule has 9 heteroatoms. The van der Waals surface area contributed by atoms with Gasteiger partial charge in [0.05, 0.1) is 18.4 Å². The van der Waals surface area contributed by atoms with Crippen LogP contribution in [0.15, 0.2) is 59.3 Å². The molecule has 0 atom stereocenters. The van der Waals surface area contributed by atoms with Crippen molar-refractivity contribution in [2.45, 2.75) is 19.9 Å². The van der Waals surface area contributed by atoms with Gasteiger partial charge in [-0.25, -0.2) is 9.07 Å². The first-order chi connectivity index (χ1) is 14.1. The van der Waals surface area contributed by atoms with Crippen LogP contribution in [0.2, 0.25) is 0 Å². The maximum Gasteiger partial charge on any atom is 0.273 e. The Morgan fingerprint density at radius 3 is 2.83 bits per heavy atom. The van der Waals surface area contributed by atoms with E-state index < -0.39 is 5.91 Å². The molecular weight excluding hydrogens is 375 g/mol. The summed E-state index contributed by atoms with van der Waals surface area (Å²) < 4.78 is 20.1. The summed E-state index contributed by atoms with van der Waals surface area (Å²) in [5.41, 5.74) is 2.38. The first-order valence-electron chi connectivity index (χ1n) is 8.90. The maximum atomic E-state index is 13.6. The van der Waals surface area contributed by atoms with Gasteiger partial charge in [0.15, 0.2) is 11.5 Å². The Bertz CT molecular complexity index is 1120. The molecule has 29 heavy (non-hydrogen) atoms. The molecule has 0 bridgehead atoms. The number of nitrogens with zero attached hydrogens (tertiary/aromatic N) is 5. The van der Waals surface area contributed by atoms with Gasteiger partial charge in [0, 0.05) is 6.42 Å². The minimum absolute atomic E-state index is 0.0621. The van der Waals surface area contributed by atoms with Gasteiger partial charge in [-0.05, 0) is 36.2 Å². The molecule has 2 aromatic carbocycles. The van der Waals surface area contributed by atoms with Crippen molar-refractivity contribution < 1.29 is 13.7 Å². The zero-order chi connectivity index (χ0) is 20.2. The van der Waals surface area contributed by atoms with Crippen molar-refractivity contribution in [1.82, 2.24) is 30.5 Å². The zero-order valence-corrected chi connectivity index (χ0v) is 15.5. The van der Waals surface area contributed by atoms with Gasteiger partial charge < -0.3 is 9.84 Å². The van der Waals surface area contributed by atoms with Crippen molar-refractivity contribution in [2.24, 2.45) is 0 Å². The molecule has 1 N–H and O–H groups in total. The smallest absolute Gasteiger partial charge is 0.273 e. The van der Waals surface area contributed by atoms with E-state index in [1.54, 1.807) is 13.0 Å². The van der Waals surface area contributed by atoms with Crippen LogP contribution in [-0.4, -0.2) is 31.0 Å². The number of carbonyl (C=O) groups is 1. The van der Waals surface area contributed by atoms with Crippen molar-refractivity contribution >= 4 is 5.91 Å². The number of hydrogen-bond acceptors (Lipinski definition) is 6. The minimum atomic E-state index is -0.452. The normalized spacial score (nSPS) is 10.8. The van der Waals surface area contributed by atoms with Crippen LogP contribution in [0.25, 0.3) is 5.69 Å². The third-order valence-electron chi connectivity index (χ3n) is 4.13. The van der Waals surface area contributed by atoms with Crippen LogP contribution in [0.5, 0.6) is 0 Å². The first kappa shape index (κ1) is 18.5. The van der Waals surface area contributed by atoms with E-state index in [4.69, 9.17) is 4.52 Å². The largest absolute Gasteiger partial charge is 0.342 e. The predicted octanol–water partition coefficient (Wildman–Crippen LogP) is 2.62. The van der Waals surface area contributed by atoms with E-state index >= 15 is 0 Å². The Morgan fingerprint density at radius 2 is 2.03 bits per heavy atom. The molecule has 0 saturated carbocycles. The molecule has 4 rings (SSSR count). The molecule has 0 aliphatic heterocycles. The van der Waals surface area contributed by atoms with Gasteiger partial charge in [-0.2, -0.15) is 4.98 Å². The lowest BCUT2D eigenvalue weighted by atomic mass is 10.1. The second kappa shape index (κ2) is 8.01. The monoisotopic (exact) mass is 392 g/mol. The average molecular weight is 392 g/mol. The highest BCUT2D eigenvalue weighted by Gasteiger charge is 2.14. The molecule has 0 fully saturated rings. The first-order valence-corrected chi connectivity index (χ1v) is 8.90. The van der Waals surface area contributed by atoms with E-state index in [1.165, 1.54) is 23.0 Å². The van der Waals surface area contributed by atoms with Crippen LogP contribution in [0.1, 0.15) is 33.3 Å². The van der Waals surface area contributed by atoms with Crippen molar-refractivity contribution in [1.29, 1.82) is 0 Å². The molecule has 0 spiro atoms. The summed E-state index contributed by atoms with van der Waals surface area (Å²) in [6.45, 7) is 1.83. The number of hydrogen-bond donors (Lipinski definition) is 1. The summed E-state index contributed by atoms with van der Waals surface area (Å²) >= 11 is 0. The summed E-state index contributed by atoms with van der Waals surface area (Å²) in [5, 5.41) is 14.3. The number of amides is 1. The fraction of sp³-hybridized carbons (Fsp3) is 0.150. The Labute approximate surface area is 165 Å². The Kier molecular flexibility index (Phi) is 5.10. The highest BCUT2D eigenvalue weighted by atomic mass is 19.1. The summed E-state index contributed by atoms with van der Waals surface area (Å²) in [4.78, 5) is 16.6. The molecule has 2 heterocycles. The SMILES string of the molecule is Cc1cc(F)cc(-n2cc(C(=O)NCc3nc(Cc4ccccc4)no3)nn2)c1. The second-order valence-electron chi connectivity index (χ2n) is 6.48. The molecule has 4 aromatic rings. The summed E-state index contributed by atoms with van der Waals surface area (Å²) in [7, 11) is 0. The predicted molar refractivity (Wildman–Crippen MR) is 101 cm³/mol. The lowest BCUT2D eigenvalue weighted by Gasteiger charge is -2.02. The van der Waals surface area contributed by atoms with Gasteiger partial charge in [-0.1, -0.05) is 40.7 Å². The van der Waals surface area contributed by atoms with E-state index in [0.29, 0.717) is 17.9 Å². The number of nitrogens with one attached hydrogen (secondary N) is 1. The number of aromatic nitrogens is 5. The summed E-state index contributed by atoms with van der Waals surface area (Å²) in [6.07, 6.45) is 1.97. The number of aryl methyl sites for hydroxylation is 1. The lowest BCUT2D eigenvalue weighted by Crippen LogP contribution is -2.23. The highest BCUT2D eigenvalue weighted by molar-refractivity contribution is 5.91. The molecule has 1 amide bonds. The number of halogens is 1. The molecule has 0 saturated heterocycles. The Morgan fingerprint density at radius 1 is 1.21 bits per heavy atom. The van der Waals surface area contributed by atoms with E-state index in [1.807, 2.05) is 30.3 Å². The summed E-state index contributed by atoms with van der Waals surface area (Å²) in [6, 6.07) is 14.2. The van der Waals surface area contributed by atoms with Crippen LogP contribution >= 0.6 is 0 Å². The fourth-order valence-corrected chi connectivity index (χ4v) is 2.80. The molecule has 0 aliphatic carbocycles. The van der Waals surface area contributed by atoms with Gasteiger partial charge in [-0.15, -0.1) is 5.10 Å².